The van der Waals surface area contributed by atoms with Crippen LogP contribution in [0.2, 0.25) is 0 Å². The summed E-state index contributed by atoms with van der Waals surface area (Å²) in [5.41, 5.74) is 0. The van der Waals surface area contributed by atoms with Gasteiger partial charge in [-0.15, -0.1) is 6.42 Å². The molecule has 1 unspecified atom stereocenters. The Bertz CT molecular complexity index is 238. The van der Waals surface area contributed by atoms with E-state index >= 15 is 0 Å². The van der Waals surface area contributed by atoms with E-state index in [0.29, 0.717) is 6.54 Å². The van der Waals surface area contributed by atoms with Gasteiger partial charge in [-0.1, -0.05) is 5.92 Å². The number of sulfone groups is 1. The molecule has 0 fully saturated rings. The predicted octanol–water partition coefficient (Wildman–Crippen LogP) is -0.358. The quantitative estimate of drug-likeness (QED) is 0.594. The number of hydrogen-bond acceptors (Lipinski definition) is 3. The highest BCUT2D eigenvalue weighted by molar-refractivity contribution is 7.90. The average Bonchev–Trinajstić information content (AvgIpc) is 1.85. The van der Waals surface area contributed by atoms with Gasteiger partial charge in [0, 0.05) is 12.8 Å². The van der Waals surface area contributed by atoms with E-state index in [4.69, 9.17) is 6.42 Å². The van der Waals surface area contributed by atoms with E-state index in [1.54, 1.807) is 0 Å². The molecular weight excluding hydrogens is 162 g/mol. The highest BCUT2D eigenvalue weighted by Gasteiger charge is 2.01. The van der Waals surface area contributed by atoms with Crippen LogP contribution < -0.4 is 5.32 Å². The summed E-state index contributed by atoms with van der Waals surface area (Å²) in [6.45, 7) is 2.23. The molecule has 3 nitrogen and oxygen atoms in total. The molecular formula is C7H13NO2S. The van der Waals surface area contributed by atoms with Gasteiger partial charge < -0.3 is 5.32 Å². The third-order valence-corrected chi connectivity index (χ3v) is 2.12. The Morgan fingerprint density at radius 1 is 1.64 bits per heavy atom. The van der Waals surface area contributed by atoms with Gasteiger partial charge in [-0.3, -0.25) is 0 Å². The molecule has 0 radical (unpaired) electrons. The molecule has 0 heterocycles. The van der Waals surface area contributed by atoms with Crippen molar-refractivity contribution < 1.29 is 8.42 Å². The van der Waals surface area contributed by atoms with Crippen LogP contribution >= 0.6 is 0 Å². The molecule has 0 aliphatic carbocycles. The lowest BCUT2D eigenvalue weighted by molar-refractivity contribution is 0.594. The fourth-order valence-electron chi connectivity index (χ4n) is 0.520. The average molecular weight is 175 g/mol. The largest absolute Gasteiger partial charge is 0.303 e. The number of rotatable bonds is 4. The lowest BCUT2D eigenvalue weighted by atomic mass is 10.4. The van der Waals surface area contributed by atoms with Crippen LogP contribution in [0.25, 0.3) is 0 Å². The molecule has 0 aliphatic rings. The Morgan fingerprint density at radius 3 is 2.55 bits per heavy atom. The van der Waals surface area contributed by atoms with Crippen molar-refractivity contribution >= 4 is 9.84 Å². The maximum atomic E-state index is 10.6. The van der Waals surface area contributed by atoms with Crippen LogP contribution in [0.3, 0.4) is 0 Å². The number of hydrogen-bond donors (Lipinski definition) is 1. The first-order valence-corrected chi connectivity index (χ1v) is 5.39. The highest BCUT2D eigenvalue weighted by Crippen LogP contribution is 1.81. The molecule has 0 aliphatic heterocycles. The summed E-state index contributed by atoms with van der Waals surface area (Å²) in [5.74, 6) is 2.58. The lowest BCUT2D eigenvalue weighted by Gasteiger charge is -2.05. The zero-order valence-electron chi connectivity index (χ0n) is 6.79. The maximum absolute atomic E-state index is 10.6. The molecule has 0 saturated carbocycles. The second-order valence-electron chi connectivity index (χ2n) is 2.47. The summed E-state index contributed by atoms with van der Waals surface area (Å²) in [6, 6.07) is -0.0586. The molecule has 0 spiro atoms. The van der Waals surface area contributed by atoms with Gasteiger partial charge in [-0.25, -0.2) is 8.42 Å². The summed E-state index contributed by atoms with van der Waals surface area (Å²) in [7, 11) is -2.86. The lowest BCUT2D eigenvalue weighted by Crippen LogP contribution is -2.29. The Hall–Kier alpha value is -0.530. The van der Waals surface area contributed by atoms with Crippen molar-refractivity contribution in [3.63, 3.8) is 0 Å². The molecule has 64 valence electrons. The van der Waals surface area contributed by atoms with Crippen molar-refractivity contribution in [1.29, 1.82) is 0 Å². The van der Waals surface area contributed by atoms with Crippen LogP contribution in [0.4, 0.5) is 0 Å². The van der Waals surface area contributed by atoms with E-state index in [1.807, 2.05) is 6.92 Å². The van der Waals surface area contributed by atoms with E-state index < -0.39 is 9.84 Å². The molecule has 0 aromatic carbocycles. The highest BCUT2D eigenvalue weighted by atomic mass is 32.2. The standard InChI is InChI=1S/C7H13NO2S/c1-4-7(2)8-5-6-11(3,9)10/h1,7-8H,5-6H2,2-3H3. The van der Waals surface area contributed by atoms with Crippen LogP contribution in [0.15, 0.2) is 0 Å². The molecule has 0 saturated heterocycles. The fraction of sp³-hybridized carbons (Fsp3) is 0.714. The van der Waals surface area contributed by atoms with Crippen LogP contribution in [0.1, 0.15) is 6.92 Å². The summed E-state index contributed by atoms with van der Waals surface area (Å²) >= 11 is 0. The molecule has 1 N–H and O–H groups in total. The zero-order valence-corrected chi connectivity index (χ0v) is 7.61. The van der Waals surface area contributed by atoms with Crippen molar-refractivity contribution in [3.8, 4) is 12.3 Å². The van der Waals surface area contributed by atoms with Gasteiger partial charge in [0.2, 0.25) is 0 Å². The third-order valence-electron chi connectivity index (χ3n) is 1.17. The van der Waals surface area contributed by atoms with Crippen molar-refractivity contribution in [2.24, 2.45) is 0 Å². The van der Waals surface area contributed by atoms with Crippen molar-refractivity contribution in [1.82, 2.24) is 5.32 Å². The number of terminal acetylenes is 1. The van der Waals surface area contributed by atoms with Gasteiger partial charge >= 0.3 is 0 Å². The van der Waals surface area contributed by atoms with Gasteiger partial charge in [0.15, 0.2) is 0 Å². The molecule has 0 bridgehead atoms. The Labute approximate surface area is 68.1 Å². The van der Waals surface area contributed by atoms with Gasteiger partial charge in [0.25, 0.3) is 0 Å². The first-order valence-electron chi connectivity index (χ1n) is 3.33. The molecule has 0 aromatic heterocycles. The smallest absolute Gasteiger partial charge is 0.148 e. The second kappa shape index (κ2) is 4.37. The molecule has 4 heteroatoms. The SMILES string of the molecule is C#CC(C)NCCS(C)(=O)=O. The Morgan fingerprint density at radius 2 is 2.18 bits per heavy atom. The molecule has 0 amide bonds. The summed E-state index contributed by atoms with van der Waals surface area (Å²) in [5, 5.41) is 2.87. The molecule has 0 aromatic rings. The molecule has 1 atom stereocenters. The monoisotopic (exact) mass is 175 g/mol. The van der Waals surface area contributed by atoms with E-state index in [-0.39, 0.29) is 11.8 Å². The van der Waals surface area contributed by atoms with Gasteiger partial charge in [-0.05, 0) is 6.92 Å². The first-order chi connectivity index (χ1) is 4.95. The van der Waals surface area contributed by atoms with E-state index in [9.17, 15) is 8.42 Å². The third kappa shape index (κ3) is 7.37. The van der Waals surface area contributed by atoms with Crippen LogP contribution in [0, 0.1) is 12.3 Å². The van der Waals surface area contributed by atoms with Crippen LogP contribution in [-0.4, -0.2) is 33.0 Å². The van der Waals surface area contributed by atoms with Crippen molar-refractivity contribution in [3.05, 3.63) is 0 Å². The predicted molar refractivity (Wildman–Crippen MR) is 46.0 cm³/mol. The summed E-state index contributed by atoms with van der Waals surface area (Å²) in [6.07, 6.45) is 6.26. The molecule has 0 rings (SSSR count). The van der Waals surface area contributed by atoms with E-state index in [2.05, 4.69) is 11.2 Å². The summed E-state index contributed by atoms with van der Waals surface area (Å²) in [4.78, 5) is 0. The normalized spacial score (nSPS) is 13.9. The van der Waals surface area contributed by atoms with Crippen molar-refractivity contribution in [2.45, 2.75) is 13.0 Å². The van der Waals surface area contributed by atoms with Gasteiger partial charge in [0.05, 0.1) is 11.8 Å². The van der Waals surface area contributed by atoms with Gasteiger partial charge in [-0.2, -0.15) is 0 Å². The van der Waals surface area contributed by atoms with Crippen molar-refractivity contribution in [2.75, 3.05) is 18.6 Å². The maximum Gasteiger partial charge on any atom is 0.148 e. The Kier molecular flexibility index (Phi) is 4.16. The first kappa shape index (κ1) is 10.5. The fourth-order valence-corrected chi connectivity index (χ4v) is 1.01. The van der Waals surface area contributed by atoms with Crippen LogP contribution in [-0.2, 0) is 9.84 Å². The van der Waals surface area contributed by atoms with Gasteiger partial charge in [0.1, 0.15) is 9.84 Å². The van der Waals surface area contributed by atoms with E-state index in [0.717, 1.165) is 0 Å². The minimum atomic E-state index is -2.86. The van der Waals surface area contributed by atoms with Crippen LogP contribution in [0.5, 0.6) is 0 Å². The zero-order chi connectivity index (χ0) is 8.91. The molecule has 11 heavy (non-hydrogen) atoms. The van der Waals surface area contributed by atoms with E-state index in [1.165, 1.54) is 6.26 Å². The number of nitrogens with one attached hydrogen (secondary N) is 1. The topological polar surface area (TPSA) is 46.2 Å². The summed E-state index contributed by atoms with van der Waals surface area (Å²) < 4.78 is 21.2. The Balaban J connectivity index is 3.53. The minimum Gasteiger partial charge on any atom is -0.303 e. The second-order valence-corrected chi connectivity index (χ2v) is 4.73. The minimum absolute atomic E-state index is 0.0586.